The number of hydrogen-bond acceptors (Lipinski definition) is 6. The fourth-order valence-corrected chi connectivity index (χ4v) is 5.58. The Kier molecular flexibility index (Phi) is 7.03. The lowest BCUT2D eigenvalue weighted by Crippen LogP contribution is -2.00. The molecule has 8 aromatic rings. The van der Waals surface area contributed by atoms with Gasteiger partial charge in [0.05, 0.1) is 22.4 Å². The van der Waals surface area contributed by atoms with Crippen molar-refractivity contribution < 1.29 is 18.3 Å². The van der Waals surface area contributed by atoms with Crippen molar-refractivity contribution in [2.24, 2.45) is 0 Å². The number of rotatable bonds is 7. The van der Waals surface area contributed by atoms with E-state index in [4.69, 9.17) is 9.47 Å². The van der Waals surface area contributed by atoms with Gasteiger partial charge in [-0.25, -0.2) is 19.9 Å². The quantitative estimate of drug-likeness (QED) is 0.165. The van der Waals surface area contributed by atoms with Gasteiger partial charge >= 0.3 is 0 Å². The van der Waals surface area contributed by atoms with Crippen molar-refractivity contribution in [2.75, 3.05) is 0 Å². The molecule has 0 radical (unpaired) electrons. The number of benzene rings is 4. The predicted octanol–water partition coefficient (Wildman–Crippen LogP) is 9.56. The minimum absolute atomic E-state index is 0.486. The SMILES string of the molecule is Fc1cccc(-c2cccc(Oc3ccc4c5ccc(Oc6cccc(-c7cccc(F)n7)c6)cc5n(-c5ncccn5)c4c3)c2)n1. The molecule has 9 heteroatoms. The summed E-state index contributed by atoms with van der Waals surface area (Å²) < 4.78 is 42.1. The lowest BCUT2D eigenvalue weighted by molar-refractivity contribution is 0.483. The summed E-state index contributed by atoms with van der Waals surface area (Å²) in [4.78, 5) is 17.1. The molecule has 0 bridgehead atoms. The average Bonchev–Trinajstić information content (AvgIpc) is 3.41. The molecule has 4 aromatic carbocycles. The Labute approximate surface area is 267 Å². The summed E-state index contributed by atoms with van der Waals surface area (Å²) in [5.41, 5.74) is 4.18. The number of aromatic nitrogens is 5. The molecule has 0 spiro atoms. The van der Waals surface area contributed by atoms with Crippen LogP contribution in [0.3, 0.4) is 0 Å². The normalized spacial score (nSPS) is 11.2. The number of nitrogens with zero attached hydrogens (tertiary/aromatic N) is 5. The van der Waals surface area contributed by atoms with E-state index in [1.165, 1.54) is 12.1 Å². The first-order valence-corrected chi connectivity index (χ1v) is 14.7. The molecule has 0 aliphatic carbocycles. The van der Waals surface area contributed by atoms with Crippen molar-refractivity contribution in [2.45, 2.75) is 0 Å². The Hall–Kier alpha value is -6.48. The van der Waals surface area contributed by atoms with Gasteiger partial charge in [-0.3, -0.25) is 4.57 Å². The first kappa shape index (κ1) is 28.0. The van der Waals surface area contributed by atoms with Gasteiger partial charge < -0.3 is 9.47 Å². The molecule has 8 rings (SSSR count). The second-order valence-corrected chi connectivity index (χ2v) is 10.7. The molecule has 47 heavy (non-hydrogen) atoms. The standard InChI is InChI=1S/C38H23F2N5O2/c39-36-12-3-10-32(43-36)24-6-1-8-26(20-24)46-28-14-16-30-31-17-15-29(23-35(31)45(34(30)22-28)38-41-18-5-19-42-38)47-27-9-2-7-25(21-27)33-11-4-13-37(40)44-33/h1-23H. The Morgan fingerprint density at radius 2 is 0.936 bits per heavy atom. The second-order valence-electron chi connectivity index (χ2n) is 10.7. The maximum Gasteiger partial charge on any atom is 0.234 e. The van der Waals surface area contributed by atoms with Crippen LogP contribution in [-0.4, -0.2) is 24.5 Å². The third-order valence-corrected chi connectivity index (χ3v) is 7.62. The monoisotopic (exact) mass is 619 g/mol. The van der Waals surface area contributed by atoms with Gasteiger partial charge in [0.2, 0.25) is 17.8 Å². The first-order chi connectivity index (χ1) is 23.1. The van der Waals surface area contributed by atoms with Crippen LogP contribution < -0.4 is 9.47 Å². The molecule has 4 heterocycles. The molecule has 0 N–H and O–H groups in total. The number of pyridine rings is 2. The van der Waals surface area contributed by atoms with Crippen molar-refractivity contribution in [1.82, 2.24) is 24.5 Å². The molecule has 0 unspecified atom stereocenters. The van der Waals surface area contributed by atoms with Gasteiger partial charge in [-0.1, -0.05) is 36.4 Å². The van der Waals surface area contributed by atoms with Crippen LogP contribution in [0.2, 0.25) is 0 Å². The highest BCUT2D eigenvalue weighted by Gasteiger charge is 2.17. The zero-order chi connectivity index (χ0) is 31.7. The fourth-order valence-electron chi connectivity index (χ4n) is 5.58. The highest BCUT2D eigenvalue weighted by atomic mass is 19.1. The van der Waals surface area contributed by atoms with E-state index < -0.39 is 11.9 Å². The summed E-state index contributed by atoms with van der Waals surface area (Å²) in [5.74, 6) is 1.76. The van der Waals surface area contributed by atoms with Crippen molar-refractivity contribution >= 4 is 21.8 Å². The van der Waals surface area contributed by atoms with E-state index in [0.717, 1.165) is 32.9 Å². The molecule has 0 atom stereocenters. The van der Waals surface area contributed by atoms with Gasteiger partial charge in [0, 0.05) is 46.4 Å². The predicted molar refractivity (Wildman–Crippen MR) is 176 cm³/mol. The Balaban J connectivity index is 1.18. The lowest BCUT2D eigenvalue weighted by Gasteiger charge is -2.10. The second kappa shape index (κ2) is 11.8. The molecular formula is C38H23F2N5O2. The van der Waals surface area contributed by atoms with Crippen LogP contribution in [0.5, 0.6) is 23.0 Å². The van der Waals surface area contributed by atoms with E-state index >= 15 is 0 Å². The van der Waals surface area contributed by atoms with Gasteiger partial charge in [0.25, 0.3) is 0 Å². The van der Waals surface area contributed by atoms with Crippen molar-refractivity contribution in [3.05, 3.63) is 152 Å². The highest BCUT2D eigenvalue weighted by Crippen LogP contribution is 2.37. The molecule has 0 saturated heterocycles. The molecule has 0 aliphatic rings. The molecular weight excluding hydrogens is 596 g/mol. The third-order valence-electron chi connectivity index (χ3n) is 7.62. The summed E-state index contributed by atoms with van der Waals surface area (Å²) in [5, 5.41) is 1.95. The third kappa shape index (κ3) is 5.62. The Bertz CT molecular complexity index is 2260. The molecule has 7 nitrogen and oxygen atoms in total. The maximum absolute atomic E-state index is 13.8. The van der Waals surface area contributed by atoms with Gasteiger partial charge in [-0.2, -0.15) is 8.78 Å². The van der Waals surface area contributed by atoms with E-state index in [9.17, 15) is 8.78 Å². The van der Waals surface area contributed by atoms with E-state index in [1.54, 1.807) is 42.7 Å². The van der Waals surface area contributed by atoms with Crippen LogP contribution in [0, 0.1) is 11.9 Å². The average molecular weight is 620 g/mol. The van der Waals surface area contributed by atoms with E-state index in [1.807, 2.05) is 89.5 Å². The number of hydrogen-bond donors (Lipinski definition) is 0. The van der Waals surface area contributed by atoms with Crippen LogP contribution in [0.15, 0.2) is 140 Å². The Morgan fingerprint density at radius 3 is 1.43 bits per heavy atom. The van der Waals surface area contributed by atoms with Crippen molar-refractivity contribution in [1.29, 1.82) is 0 Å². The molecule has 0 saturated carbocycles. The highest BCUT2D eigenvalue weighted by molar-refractivity contribution is 6.09. The van der Waals surface area contributed by atoms with E-state index in [0.29, 0.717) is 40.3 Å². The number of fused-ring (bicyclic) bond motifs is 3. The van der Waals surface area contributed by atoms with Crippen LogP contribution in [0.25, 0.3) is 50.3 Å². The molecule has 226 valence electrons. The van der Waals surface area contributed by atoms with Crippen molar-refractivity contribution in [3.8, 4) is 51.5 Å². The van der Waals surface area contributed by atoms with Gasteiger partial charge in [0.1, 0.15) is 23.0 Å². The molecule has 0 amide bonds. The number of ether oxygens (including phenoxy) is 2. The molecule has 0 aliphatic heterocycles. The van der Waals surface area contributed by atoms with Crippen LogP contribution in [-0.2, 0) is 0 Å². The van der Waals surface area contributed by atoms with Crippen LogP contribution in [0.1, 0.15) is 0 Å². The molecule has 0 fully saturated rings. The van der Waals surface area contributed by atoms with Gasteiger partial charge in [-0.05, 0) is 78.9 Å². The Morgan fingerprint density at radius 1 is 0.468 bits per heavy atom. The summed E-state index contributed by atoms with van der Waals surface area (Å²) in [7, 11) is 0. The summed E-state index contributed by atoms with van der Waals surface area (Å²) >= 11 is 0. The van der Waals surface area contributed by atoms with E-state index in [2.05, 4.69) is 19.9 Å². The largest absolute Gasteiger partial charge is 0.457 e. The maximum atomic E-state index is 13.8. The number of halogens is 2. The van der Waals surface area contributed by atoms with Crippen LogP contribution in [0.4, 0.5) is 8.78 Å². The smallest absolute Gasteiger partial charge is 0.234 e. The fraction of sp³-hybridized carbons (Fsp3) is 0. The zero-order valence-electron chi connectivity index (χ0n) is 24.6. The van der Waals surface area contributed by atoms with Gasteiger partial charge in [0.15, 0.2) is 0 Å². The van der Waals surface area contributed by atoms with Crippen molar-refractivity contribution in [3.63, 3.8) is 0 Å². The minimum Gasteiger partial charge on any atom is -0.457 e. The first-order valence-electron chi connectivity index (χ1n) is 14.7. The zero-order valence-corrected chi connectivity index (χ0v) is 24.6. The van der Waals surface area contributed by atoms with Crippen LogP contribution >= 0.6 is 0 Å². The summed E-state index contributed by atoms with van der Waals surface area (Å²) in [6, 6.07) is 37.6. The summed E-state index contributed by atoms with van der Waals surface area (Å²) in [6.07, 6.45) is 3.39. The van der Waals surface area contributed by atoms with E-state index in [-0.39, 0.29) is 0 Å². The summed E-state index contributed by atoms with van der Waals surface area (Å²) in [6.45, 7) is 0. The lowest BCUT2D eigenvalue weighted by atomic mass is 10.1. The minimum atomic E-state index is -0.543. The van der Waals surface area contributed by atoms with Gasteiger partial charge in [-0.15, -0.1) is 0 Å². The topological polar surface area (TPSA) is 75.0 Å². The molecule has 4 aromatic heterocycles.